The predicted octanol–water partition coefficient (Wildman–Crippen LogP) is 4.07. The van der Waals surface area contributed by atoms with Gasteiger partial charge in [0.1, 0.15) is 17.2 Å². The molecular formula is C14H15F2N3S. The maximum atomic E-state index is 13.3. The average Bonchev–Trinajstić information content (AvgIpc) is 2.42. The average molecular weight is 295 g/mol. The van der Waals surface area contributed by atoms with Gasteiger partial charge in [-0.05, 0) is 24.1 Å². The molecule has 0 amide bonds. The lowest BCUT2D eigenvalue weighted by atomic mass is 10.1. The fraction of sp³-hybridized carbons (Fsp3) is 0.286. The summed E-state index contributed by atoms with van der Waals surface area (Å²) in [5.41, 5.74) is 0.963. The van der Waals surface area contributed by atoms with Crippen molar-refractivity contribution in [1.82, 2.24) is 9.97 Å². The van der Waals surface area contributed by atoms with Crippen LogP contribution in [0.15, 0.2) is 34.4 Å². The third kappa shape index (κ3) is 3.07. The molecule has 0 fully saturated rings. The number of aromatic nitrogens is 2. The first-order valence-corrected chi connectivity index (χ1v) is 7.00. The molecule has 0 unspecified atom stereocenters. The van der Waals surface area contributed by atoms with Crippen LogP contribution in [0.5, 0.6) is 0 Å². The standard InChI is InChI=1S/C14H15F2N3S/c1-8(2)12-13(17-3)18-7-19-14(12)20-9-4-5-10(15)11(16)6-9/h4-8H,1-3H3,(H,17,18,19). The first kappa shape index (κ1) is 14.7. The summed E-state index contributed by atoms with van der Waals surface area (Å²) in [5, 5.41) is 3.77. The molecule has 0 radical (unpaired) electrons. The van der Waals surface area contributed by atoms with Gasteiger partial charge in [-0.2, -0.15) is 0 Å². The smallest absolute Gasteiger partial charge is 0.159 e. The minimum Gasteiger partial charge on any atom is -0.373 e. The van der Waals surface area contributed by atoms with Crippen LogP contribution in [-0.2, 0) is 0 Å². The highest BCUT2D eigenvalue weighted by Gasteiger charge is 2.15. The lowest BCUT2D eigenvalue weighted by molar-refractivity contribution is 0.506. The molecule has 1 heterocycles. The van der Waals surface area contributed by atoms with Crippen molar-refractivity contribution in [1.29, 1.82) is 0 Å². The maximum absolute atomic E-state index is 13.3. The van der Waals surface area contributed by atoms with Crippen LogP contribution in [0.25, 0.3) is 0 Å². The van der Waals surface area contributed by atoms with E-state index in [1.165, 1.54) is 30.2 Å². The highest BCUT2D eigenvalue weighted by molar-refractivity contribution is 7.99. The molecule has 0 saturated carbocycles. The van der Waals surface area contributed by atoms with E-state index in [2.05, 4.69) is 15.3 Å². The molecule has 1 aromatic heterocycles. The third-order valence-corrected chi connectivity index (χ3v) is 3.78. The number of hydrogen-bond donors (Lipinski definition) is 1. The summed E-state index contributed by atoms with van der Waals surface area (Å²) < 4.78 is 26.2. The number of halogens is 2. The molecule has 0 atom stereocenters. The Morgan fingerprint density at radius 3 is 2.50 bits per heavy atom. The zero-order valence-electron chi connectivity index (χ0n) is 11.4. The summed E-state index contributed by atoms with van der Waals surface area (Å²) in [5.74, 6) is -0.743. The molecule has 0 aliphatic heterocycles. The highest BCUT2D eigenvalue weighted by atomic mass is 32.2. The van der Waals surface area contributed by atoms with Gasteiger partial charge in [0.15, 0.2) is 11.6 Å². The second-order valence-corrected chi connectivity index (χ2v) is 5.59. The topological polar surface area (TPSA) is 37.8 Å². The van der Waals surface area contributed by atoms with Crippen LogP contribution in [0.2, 0.25) is 0 Å². The minimum absolute atomic E-state index is 0.214. The van der Waals surface area contributed by atoms with Crippen LogP contribution in [0.1, 0.15) is 25.3 Å². The Morgan fingerprint density at radius 2 is 1.90 bits per heavy atom. The van der Waals surface area contributed by atoms with Gasteiger partial charge >= 0.3 is 0 Å². The van der Waals surface area contributed by atoms with E-state index in [1.54, 1.807) is 7.05 Å². The summed E-state index contributed by atoms with van der Waals surface area (Å²) in [7, 11) is 1.79. The number of nitrogens with one attached hydrogen (secondary N) is 1. The number of nitrogens with zero attached hydrogens (tertiary/aromatic N) is 2. The first-order valence-electron chi connectivity index (χ1n) is 6.18. The van der Waals surface area contributed by atoms with Crippen LogP contribution < -0.4 is 5.32 Å². The van der Waals surface area contributed by atoms with Crippen LogP contribution in [0.3, 0.4) is 0 Å². The van der Waals surface area contributed by atoms with Gasteiger partial charge in [-0.1, -0.05) is 25.6 Å². The van der Waals surface area contributed by atoms with Crippen LogP contribution >= 0.6 is 11.8 Å². The zero-order valence-corrected chi connectivity index (χ0v) is 12.3. The van der Waals surface area contributed by atoms with E-state index in [0.29, 0.717) is 4.90 Å². The van der Waals surface area contributed by atoms with E-state index in [0.717, 1.165) is 22.5 Å². The van der Waals surface area contributed by atoms with Gasteiger partial charge in [-0.25, -0.2) is 18.7 Å². The van der Waals surface area contributed by atoms with Crippen LogP contribution in [0.4, 0.5) is 14.6 Å². The van der Waals surface area contributed by atoms with Gasteiger partial charge in [0.25, 0.3) is 0 Å². The molecule has 0 spiro atoms. The summed E-state index contributed by atoms with van der Waals surface area (Å²) in [6, 6.07) is 3.83. The van der Waals surface area contributed by atoms with Crippen molar-refractivity contribution in [3.63, 3.8) is 0 Å². The Morgan fingerprint density at radius 1 is 1.15 bits per heavy atom. The maximum Gasteiger partial charge on any atom is 0.159 e. The first-order chi connectivity index (χ1) is 9.52. The van der Waals surface area contributed by atoms with Gasteiger partial charge in [0.05, 0.1) is 0 Å². The Bertz CT molecular complexity index is 617. The third-order valence-electron chi connectivity index (χ3n) is 2.77. The normalized spacial score (nSPS) is 10.9. The molecule has 0 aliphatic carbocycles. The minimum atomic E-state index is -0.857. The fourth-order valence-corrected chi connectivity index (χ4v) is 2.90. The molecule has 2 aromatic rings. The van der Waals surface area contributed by atoms with Gasteiger partial charge in [0, 0.05) is 17.5 Å². The van der Waals surface area contributed by atoms with Gasteiger partial charge in [0.2, 0.25) is 0 Å². The van der Waals surface area contributed by atoms with E-state index in [1.807, 2.05) is 13.8 Å². The highest BCUT2D eigenvalue weighted by Crippen LogP contribution is 2.35. The van der Waals surface area contributed by atoms with Crippen molar-refractivity contribution in [2.45, 2.75) is 29.7 Å². The molecule has 3 nitrogen and oxygen atoms in total. The summed E-state index contributed by atoms with van der Waals surface area (Å²) in [6.45, 7) is 4.07. The molecular weight excluding hydrogens is 280 g/mol. The molecule has 1 aromatic carbocycles. The van der Waals surface area contributed by atoms with E-state index in [-0.39, 0.29) is 5.92 Å². The van der Waals surface area contributed by atoms with Gasteiger partial charge < -0.3 is 5.32 Å². The van der Waals surface area contributed by atoms with E-state index >= 15 is 0 Å². The van der Waals surface area contributed by atoms with E-state index in [4.69, 9.17) is 0 Å². The van der Waals surface area contributed by atoms with E-state index < -0.39 is 11.6 Å². The SMILES string of the molecule is CNc1ncnc(Sc2ccc(F)c(F)c2)c1C(C)C. The Balaban J connectivity index is 2.40. The summed E-state index contributed by atoms with van der Waals surface area (Å²) in [6.07, 6.45) is 1.46. The Labute approximate surface area is 120 Å². The molecule has 20 heavy (non-hydrogen) atoms. The van der Waals surface area contributed by atoms with Crippen molar-refractivity contribution in [2.75, 3.05) is 12.4 Å². The predicted molar refractivity (Wildman–Crippen MR) is 76.1 cm³/mol. The lowest BCUT2D eigenvalue weighted by Gasteiger charge is -2.15. The van der Waals surface area contributed by atoms with Gasteiger partial charge in [-0.15, -0.1) is 0 Å². The van der Waals surface area contributed by atoms with E-state index in [9.17, 15) is 8.78 Å². The van der Waals surface area contributed by atoms with Crippen LogP contribution in [-0.4, -0.2) is 17.0 Å². The quantitative estimate of drug-likeness (QED) is 0.863. The molecule has 0 bridgehead atoms. The molecule has 106 valence electrons. The Kier molecular flexibility index (Phi) is 4.54. The Hall–Kier alpha value is -1.69. The molecule has 1 N–H and O–H groups in total. The molecule has 0 aliphatic rings. The van der Waals surface area contributed by atoms with Crippen molar-refractivity contribution in [3.8, 4) is 0 Å². The van der Waals surface area contributed by atoms with Crippen molar-refractivity contribution < 1.29 is 8.78 Å². The largest absolute Gasteiger partial charge is 0.373 e. The van der Waals surface area contributed by atoms with Gasteiger partial charge in [-0.3, -0.25) is 0 Å². The summed E-state index contributed by atoms with van der Waals surface area (Å²) in [4.78, 5) is 9.04. The molecule has 6 heteroatoms. The van der Waals surface area contributed by atoms with Crippen LogP contribution in [0, 0.1) is 11.6 Å². The number of hydrogen-bond acceptors (Lipinski definition) is 4. The molecule has 0 saturated heterocycles. The molecule has 2 rings (SSSR count). The zero-order chi connectivity index (χ0) is 14.7. The number of anilines is 1. The van der Waals surface area contributed by atoms with Crippen molar-refractivity contribution in [3.05, 3.63) is 41.7 Å². The monoisotopic (exact) mass is 295 g/mol. The second-order valence-electron chi connectivity index (χ2n) is 4.52. The van der Waals surface area contributed by atoms with Crippen molar-refractivity contribution >= 4 is 17.6 Å². The second kappa shape index (κ2) is 6.17. The van der Waals surface area contributed by atoms with Crippen molar-refractivity contribution in [2.24, 2.45) is 0 Å². The number of benzene rings is 1. The summed E-state index contributed by atoms with van der Waals surface area (Å²) >= 11 is 1.30. The number of rotatable bonds is 4. The fourth-order valence-electron chi connectivity index (χ4n) is 1.83. The lowest BCUT2D eigenvalue weighted by Crippen LogP contribution is -2.04.